The van der Waals surface area contributed by atoms with Crippen LogP contribution in [0.4, 0.5) is 0 Å². The van der Waals surface area contributed by atoms with E-state index in [4.69, 9.17) is 4.74 Å². The molecule has 1 N–H and O–H groups in total. The van der Waals surface area contributed by atoms with Gasteiger partial charge < -0.3 is 15.0 Å². The van der Waals surface area contributed by atoms with E-state index in [1.165, 1.54) is 38.8 Å². The van der Waals surface area contributed by atoms with Crippen molar-refractivity contribution in [2.24, 2.45) is 0 Å². The van der Waals surface area contributed by atoms with Crippen LogP contribution in [0.15, 0.2) is 0 Å². The SMILES string of the molecule is CN(CCOC(C)(C)C)CCC1CCCCN1. The van der Waals surface area contributed by atoms with Gasteiger partial charge in [0.1, 0.15) is 0 Å². The lowest BCUT2D eigenvalue weighted by Crippen LogP contribution is -2.37. The predicted octanol–water partition coefficient (Wildman–Crippen LogP) is 2.27. The normalized spacial score (nSPS) is 22.1. The second-order valence-corrected chi connectivity index (χ2v) is 6.20. The number of likely N-dealkylation sites (N-methyl/N-ethyl adjacent to an activating group) is 1. The maximum absolute atomic E-state index is 5.73. The number of hydrogen-bond acceptors (Lipinski definition) is 3. The van der Waals surface area contributed by atoms with Crippen LogP contribution < -0.4 is 5.32 Å². The highest BCUT2D eigenvalue weighted by atomic mass is 16.5. The van der Waals surface area contributed by atoms with E-state index in [1.54, 1.807) is 0 Å². The Balaban J connectivity index is 2.02. The van der Waals surface area contributed by atoms with E-state index in [9.17, 15) is 0 Å². The molecule has 1 saturated heterocycles. The smallest absolute Gasteiger partial charge is 0.0600 e. The predicted molar refractivity (Wildman–Crippen MR) is 73.5 cm³/mol. The Morgan fingerprint density at radius 2 is 2.00 bits per heavy atom. The van der Waals surface area contributed by atoms with Crippen molar-refractivity contribution in [3.8, 4) is 0 Å². The van der Waals surface area contributed by atoms with Crippen molar-refractivity contribution in [1.29, 1.82) is 0 Å². The lowest BCUT2D eigenvalue weighted by Gasteiger charge is -2.27. The van der Waals surface area contributed by atoms with Gasteiger partial charge in [-0.1, -0.05) is 6.42 Å². The van der Waals surface area contributed by atoms with Gasteiger partial charge in [-0.05, 0) is 60.2 Å². The zero-order valence-corrected chi connectivity index (χ0v) is 12.1. The number of nitrogens with zero attached hydrogens (tertiary/aromatic N) is 1. The molecule has 0 radical (unpaired) electrons. The molecule has 3 nitrogen and oxygen atoms in total. The first-order valence-electron chi connectivity index (χ1n) is 7.03. The average molecular weight is 242 g/mol. The number of piperidine rings is 1. The van der Waals surface area contributed by atoms with Crippen molar-refractivity contribution >= 4 is 0 Å². The van der Waals surface area contributed by atoms with E-state index in [0.29, 0.717) is 0 Å². The molecular weight excluding hydrogens is 212 g/mol. The third kappa shape index (κ3) is 7.74. The molecule has 0 spiro atoms. The summed E-state index contributed by atoms with van der Waals surface area (Å²) in [6.45, 7) is 10.6. The fourth-order valence-electron chi connectivity index (χ4n) is 2.17. The second-order valence-electron chi connectivity index (χ2n) is 6.20. The Morgan fingerprint density at radius 3 is 2.59 bits per heavy atom. The molecule has 1 fully saturated rings. The number of rotatable bonds is 6. The average Bonchev–Trinajstić information content (AvgIpc) is 2.26. The molecule has 0 aromatic carbocycles. The molecule has 3 heteroatoms. The van der Waals surface area contributed by atoms with Gasteiger partial charge in [0.2, 0.25) is 0 Å². The van der Waals surface area contributed by atoms with Gasteiger partial charge >= 0.3 is 0 Å². The molecule has 0 aromatic rings. The number of nitrogens with one attached hydrogen (secondary N) is 1. The van der Waals surface area contributed by atoms with Gasteiger partial charge in [0.15, 0.2) is 0 Å². The van der Waals surface area contributed by atoms with Crippen LogP contribution in [0.1, 0.15) is 46.5 Å². The molecule has 1 heterocycles. The molecule has 1 aliphatic rings. The van der Waals surface area contributed by atoms with Gasteiger partial charge in [-0.15, -0.1) is 0 Å². The first-order valence-corrected chi connectivity index (χ1v) is 7.03. The van der Waals surface area contributed by atoms with Gasteiger partial charge in [-0.25, -0.2) is 0 Å². The highest BCUT2D eigenvalue weighted by molar-refractivity contribution is 4.73. The third-order valence-electron chi connectivity index (χ3n) is 3.28. The molecule has 0 aromatic heterocycles. The minimum Gasteiger partial charge on any atom is -0.375 e. The van der Waals surface area contributed by atoms with Gasteiger partial charge in [0.25, 0.3) is 0 Å². The molecule has 17 heavy (non-hydrogen) atoms. The van der Waals surface area contributed by atoms with E-state index in [0.717, 1.165) is 19.2 Å². The summed E-state index contributed by atoms with van der Waals surface area (Å²) in [6.07, 6.45) is 5.37. The third-order valence-corrected chi connectivity index (χ3v) is 3.28. The summed E-state index contributed by atoms with van der Waals surface area (Å²) in [6, 6.07) is 0.745. The van der Waals surface area contributed by atoms with Crippen LogP contribution in [0, 0.1) is 0 Å². The molecule has 1 atom stereocenters. The Kier molecular flexibility index (Phi) is 6.45. The van der Waals surface area contributed by atoms with Crippen molar-refractivity contribution in [3.05, 3.63) is 0 Å². The fourth-order valence-corrected chi connectivity index (χ4v) is 2.17. The van der Waals surface area contributed by atoms with Crippen molar-refractivity contribution in [3.63, 3.8) is 0 Å². The minimum absolute atomic E-state index is 0.00817. The zero-order valence-electron chi connectivity index (χ0n) is 12.1. The van der Waals surface area contributed by atoms with Crippen LogP contribution in [0.25, 0.3) is 0 Å². The van der Waals surface area contributed by atoms with Crippen molar-refractivity contribution in [1.82, 2.24) is 10.2 Å². The Morgan fingerprint density at radius 1 is 1.24 bits per heavy atom. The summed E-state index contributed by atoms with van der Waals surface area (Å²) in [5.41, 5.74) is -0.00817. The Bertz CT molecular complexity index is 195. The van der Waals surface area contributed by atoms with E-state index in [-0.39, 0.29) is 5.60 Å². The first-order chi connectivity index (χ1) is 7.97. The van der Waals surface area contributed by atoms with Gasteiger partial charge in [-0.3, -0.25) is 0 Å². The van der Waals surface area contributed by atoms with Gasteiger partial charge in [-0.2, -0.15) is 0 Å². The maximum Gasteiger partial charge on any atom is 0.0600 e. The molecule has 0 saturated carbocycles. The van der Waals surface area contributed by atoms with Crippen molar-refractivity contribution in [2.45, 2.75) is 58.1 Å². The van der Waals surface area contributed by atoms with E-state index < -0.39 is 0 Å². The fraction of sp³-hybridized carbons (Fsp3) is 1.00. The van der Waals surface area contributed by atoms with Crippen LogP contribution in [-0.4, -0.2) is 49.8 Å². The molecule has 1 aliphatic heterocycles. The summed E-state index contributed by atoms with van der Waals surface area (Å²) < 4.78 is 5.73. The lowest BCUT2D eigenvalue weighted by atomic mass is 10.0. The molecule has 0 bridgehead atoms. The molecule has 0 aliphatic carbocycles. The zero-order chi connectivity index (χ0) is 12.7. The first kappa shape index (κ1) is 14.9. The molecular formula is C14H30N2O. The van der Waals surface area contributed by atoms with E-state index >= 15 is 0 Å². The lowest BCUT2D eigenvalue weighted by molar-refractivity contribution is -0.0110. The monoisotopic (exact) mass is 242 g/mol. The summed E-state index contributed by atoms with van der Waals surface area (Å²) in [4.78, 5) is 2.38. The number of ether oxygens (including phenoxy) is 1. The van der Waals surface area contributed by atoms with E-state index in [2.05, 4.69) is 38.0 Å². The summed E-state index contributed by atoms with van der Waals surface area (Å²) >= 11 is 0. The standard InChI is InChI=1S/C14H30N2O/c1-14(2,3)17-12-11-16(4)10-8-13-7-5-6-9-15-13/h13,15H,5-12H2,1-4H3. The molecule has 0 amide bonds. The summed E-state index contributed by atoms with van der Waals surface area (Å²) in [5.74, 6) is 0. The molecule has 1 rings (SSSR count). The largest absolute Gasteiger partial charge is 0.375 e. The van der Waals surface area contributed by atoms with Crippen LogP contribution >= 0.6 is 0 Å². The minimum atomic E-state index is -0.00817. The highest BCUT2D eigenvalue weighted by Crippen LogP contribution is 2.10. The van der Waals surface area contributed by atoms with Gasteiger partial charge in [0, 0.05) is 12.6 Å². The van der Waals surface area contributed by atoms with E-state index in [1.807, 2.05) is 0 Å². The maximum atomic E-state index is 5.73. The summed E-state index contributed by atoms with van der Waals surface area (Å²) in [7, 11) is 2.19. The number of hydrogen-bond donors (Lipinski definition) is 1. The van der Waals surface area contributed by atoms with Crippen LogP contribution in [0.3, 0.4) is 0 Å². The van der Waals surface area contributed by atoms with Crippen LogP contribution in [0.5, 0.6) is 0 Å². The van der Waals surface area contributed by atoms with Crippen LogP contribution in [0.2, 0.25) is 0 Å². The highest BCUT2D eigenvalue weighted by Gasteiger charge is 2.13. The Hall–Kier alpha value is -0.120. The molecule has 1 unspecified atom stereocenters. The molecule has 102 valence electrons. The Labute approximate surface area is 107 Å². The van der Waals surface area contributed by atoms with Crippen molar-refractivity contribution in [2.75, 3.05) is 33.3 Å². The quantitative estimate of drug-likeness (QED) is 0.773. The van der Waals surface area contributed by atoms with Gasteiger partial charge in [0.05, 0.1) is 12.2 Å². The van der Waals surface area contributed by atoms with Crippen molar-refractivity contribution < 1.29 is 4.74 Å². The summed E-state index contributed by atoms with van der Waals surface area (Å²) in [5, 5.41) is 3.60. The second kappa shape index (κ2) is 7.34. The van der Waals surface area contributed by atoms with Crippen LogP contribution in [-0.2, 0) is 4.74 Å². The topological polar surface area (TPSA) is 24.5 Å².